The molecule has 0 amide bonds. The third kappa shape index (κ3) is 7.83. The highest BCUT2D eigenvalue weighted by molar-refractivity contribution is 5.31. The van der Waals surface area contributed by atoms with Crippen molar-refractivity contribution < 1.29 is 24.4 Å². The van der Waals surface area contributed by atoms with Crippen molar-refractivity contribution in [3.8, 4) is 0 Å². The van der Waals surface area contributed by atoms with Crippen LogP contribution < -0.4 is 0 Å². The van der Waals surface area contributed by atoms with Gasteiger partial charge in [0.15, 0.2) is 0 Å². The number of allylic oxidation sites excluding steroid dienone is 2. The van der Waals surface area contributed by atoms with Crippen molar-refractivity contribution in [1.82, 2.24) is 0 Å². The number of hydrogen-bond acceptors (Lipinski definition) is 5. The van der Waals surface area contributed by atoms with Gasteiger partial charge in [-0.25, -0.2) is 0 Å². The van der Waals surface area contributed by atoms with Crippen LogP contribution in [0.2, 0.25) is 0 Å². The molecule has 5 nitrogen and oxygen atoms in total. The summed E-state index contributed by atoms with van der Waals surface area (Å²) in [5.74, 6) is 0.183. The average molecular weight is 409 g/mol. The molecule has 0 aliphatic heterocycles. The summed E-state index contributed by atoms with van der Waals surface area (Å²) in [5.41, 5.74) is 2.01. The molecule has 4 unspecified atom stereocenters. The molecule has 5 heteroatoms. The molecule has 0 saturated carbocycles. The Balaban J connectivity index is 2.95. The van der Waals surface area contributed by atoms with Gasteiger partial charge in [0.05, 0.1) is 31.5 Å². The molecule has 0 aromatic rings. The van der Waals surface area contributed by atoms with Gasteiger partial charge in [-0.2, -0.15) is 0 Å². The summed E-state index contributed by atoms with van der Waals surface area (Å²) in [6.07, 6.45) is 9.21. The Morgan fingerprint density at radius 1 is 1.21 bits per heavy atom. The van der Waals surface area contributed by atoms with E-state index in [-0.39, 0.29) is 24.2 Å². The maximum Gasteiger partial charge on any atom is 0.147 e. The standard InChI is InChI=1S/C24H40O5/c1-7-19(25)11-9-10-12-22(29-17-28-16-15-27-6)20-14-13-18(3)23(21(26)8-2)24(20,4)5/h7-8,10,12,19-22,25-26H,1-2,9,11,13-17H2,3-6H3/b12-10+. The predicted molar refractivity (Wildman–Crippen MR) is 118 cm³/mol. The number of methoxy groups -OCH3 is 1. The predicted octanol–water partition coefficient (Wildman–Crippen LogP) is 4.18. The molecule has 0 aromatic carbocycles. The Morgan fingerprint density at radius 3 is 2.55 bits per heavy atom. The average Bonchev–Trinajstić information content (AvgIpc) is 2.68. The van der Waals surface area contributed by atoms with E-state index in [9.17, 15) is 10.2 Å². The van der Waals surface area contributed by atoms with Crippen LogP contribution in [-0.2, 0) is 14.2 Å². The quantitative estimate of drug-likeness (QED) is 0.256. The molecular weight excluding hydrogens is 368 g/mol. The van der Waals surface area contributed by atoms with Crippen LogP contribution in [0.1, 0.15) is 46.5 Å². The lowest BCUT2D eigenvalue weighted by atomic mass is 9.62. The number of rotatable bonds is 14. The highest BCUT2D eigenvalue weighted by Crippen LogP contribution is 2.48. The largest absolute Gasteiger partial charge is 0.389 e. The zero-order chi connectivity index (χ0) is 21.9. The van der Waals surface area contributed by atoms with Crippen molar-refractivity contribution in [2.45, 2.75) is 64.8 Å². The summed E-state index contributed by atoms with van der Waals surface area (Å²) in [7, 11) is 1.64. The Morgan fingerprint density at radius 2 is 1.93 bits per heavy atom. The van der Waals surface area contributed by atoms with Crippen molar-refractivity contribution in [1.29, 1.82) is 0 Å². The maximum absolute atomic E-state index is 10.6. The molecule has 0 radical (unpaired) electrons. The highest BCUT2D eigenvalue weighted by atomic mass is 16.7. The Labute approximate surface area is 176 Å². The van der Waals surface area contributed by atoms with Crippen LogP contribution in [0.4, 0.5) is 0 Å². The monoisotopic (exact) mass is 408 g/mol. The van der Waals surface area contributed by atoms with Gasteiger partial charge in [-0.05, 0) is 49.5 Å². The minimum atomic E-state index is -0.655. The molecule has 1 rings (SSSR count). The van der Waals surface area contributed by atoms with Gasteiger partial charge in [0, 0.05) is 7.11 Å². The van der Waals surface area contributed by atoms with E-state index < -0.39 is 12.2 Å². The summed E-state index contributed by atoms with van der Waals surface area (Å²) >= 11 is 0. The van der Waals surface area contributed by atoms with Crippen LogP contribution in [0, 0.1) is 11.3 Å². The van der Waals surface area contributed by atoms with Crippen molar-refractivity contribution in [3.05, 3.63) is 48.6 Å². The number of aliphatic hydroxyl groups is 2. The SMILES string of the molecule is C=CC(O)CC/C=C/C(OCOCCOC)C1CCC(C)=C(C(O)C=C)C1(C)C. The van der Waals surface area contributed by atoms with Crippen molar-refractivity contribution in [2.75, 3.05) is 27.1 Å². The van der Waals surface area contributed by atoms with Crippen LogP contribution in [0.25, 0.3) is 0 Å². The van der Waals surface area contributed by atoms with E-state index in [4.69, 9.17) is 14.2 Å². The smallest absolute Gasteiger partial charge is 0.147 e. The minimum absolute atomic E-state index is 0.159. The molecule has 0 spiro atoms. The second-order valence-corrected chi connectivity index (χ2v) is 8.20. The van der Waals surface area contributed by atoms with Crippen molar-refractivity contribution in [3.63, 3.8) is 0 Å². The third-order valence-electron chi connectivity index (χ3n) is 5.83. The van der Waals surface area contributed by atoms with Gasteiger partial charge in [-0.15, -0.1) is 13.2 Å². The molecule has 166 valence electrons. The van der Waals surface area contributed by atoms with E-state index >= 15 is 0 Å². The topological polar surface area (TPSA) is 68.2 Å². The van der Waals surface area contributed by atoms with Crippen LogP contribution in [0.15, 0.2) is 48.6 Å². The number of ether oxygens (including phenoxy) is 3. The van der Waals surface area contributed by atoms with E-state index in [0.29, 0.717) is 19.6 Å². The first-order valence-corrected chi connectivity index (χ1v) is 10.5. The maximum atomic E-state index is 10.6. The molecule has 2 N–H and O–H groups in total. The summed E-state index contributed by atoms with van der Waals surface area (Å²) in [6.45, 7) is 15.0. The van der Waals surface area contributed by atoms with E-state index in [1.807, 2.05) is 0 Å². The van der Waals surface area contributed by atoms with Gasteiger partial charge in [0.1, 0.15) is 6.79 Å². The zero-order valence-electron chi connectivity index (χ0n) is 18.6. The second-order valence-electron chi connectivity index (χ2n) is 8.20. The zero-order valence-corrected chi connectivity index (χ0v) is 18.6. The lowest BCUT2D eigenvalue weighted by molar-refractivity contribution is -0.111. The Bertz CT molecular complexity index is 564. The van der Waals surface area contributed by atoms with Gasteiger partial charge in [0.2, 0.25) is 0 Å². The molecule has 4 atom stereocenters. The van der Waals surface area contributed by atoms with Crippen LogP contribution in [0.3, 0.4) is 0 Å². The molecule has 1 aliphatic carbocycles. The van der Waals surface area contributed by atoms with Gasteiger partial charge in [-0.3, -0.25) is 0 Å². The first-order valence-electron chi connectivity index (χ1n) is 10.5. The van der Waals surface area contributed by atoms with E-state index in [1.165, 1.54) is 5.57 Å². The normalized spacial score (nSPS) is 22.5. The Hall–Kier alpha value is -1.24. The lowest BCUT2D eigenvalue weighted by Crippen LogP contribution is -2.42. The summed E-state index contributed by atoms with van der Waals surface area (Å²) in [4.78, 5) is 0. The summed E-state index contributed by atoms with van der Waals surface area (Å²) in [6, 6.07) is 0. The van der Waals surface area contributed by atoms with Crippen molar-refractivity contribution >= 4 is 0 Å². The number of hydrogen-bond donors (Lipinski definition) is 2. The van der Waals surface area contributed by atoms with Crippen LogP contribution in [0.5, 0.6) is 0 Å². The van der Waals surface area contributed by atoms with Gasteiger partial charge in [0.25, 0.3) is 0 Å². The molecule has 1 aliphatic rings. The van der Waals surface area contributed by atoms with Gasteiger partial charge < -0.3 is 24.4 Å². The molecule has 29 heavy (non-hydrogen) atoms. The third-order valence-corrected chi connectivity index (χ3v) is 5.83. The summed E-state index contributed by atoms with van der Waals surface area (Å²) < 4.78 is 16.7. The van der Waals surface area contributed by atoms with Crippen molar-refractivity contribution in [2.24, 2.45) is 11.3 Å². The summed E-state index contributed by atoms with van der Waals surface area (Å²) in [5, 5.41) is 20.2. The highest BCUT2D eigenvalue weighted by Gasteiger charge is 2.43. The van der Waals surface area contributed by atoms with Gasteiger partial charge >= 0.3 is 0 Å². The molecule has 0 fully saturated rings. The molecule has 0 bridgehead atoms. The van der Waals surface area contributed by atoms with E-state index in [0.717, 1.165) is 24.8 Å². The number of aliphatic hydroxyl groups excluding tert-OH is 2. The fourth-order valence-corrected chi connectivity index (χ4v) is 4.19. The second kappa shape index (κ2) is 13.1. The minimum Gasteiger partial charge on any atom is -0.389 e. The Kier molecular flexibility index (Phi) is 11.7. The first-order chi connectivity index (χ1) is 13.8. The van der Waals surface area contributed by atoms with Crippen LogP contribution >= 0.6 is 0 Å². The van der Waals surface area contributed by atoms with Crippen LogP contribution in [-0.4, -0.2) is 55.6 Å². The molecule has 0 heterocycles. The first kappa shape index (κ1) is 25.8. The van der Waals surface area contributed by atoms with Gasteiger partial charge in [-0.1, -0.05) is 43.7 Å². The van der Waals surface area contributed by atoms with E-state index in [1.54, 1.807) is 19.3 Å². The molecular formula is C24H40O5. The lowest BCUT2D eigenvalue weighted by Gasteiger charge is -2.45. The molecule has 0 saturated heterocycles. The molecule has 0 aromatic heterocycles. The van der Waals surface area contributed by atoms with E-state index in [2.05, 4.69) is 46.1 Å². The fourth-order valence-electron chi connectivity index (χ4n) is 4.19. The fraction of sp³-hybridized carbons (Fsp3) is 0.667.